The number of ether oxygens (including phenoxy) is 1. The second-order valence-electron chi connectivity index (χ2n) is 6.88. The third-order valence-electron chi connectivity index (χ3n) is 4.15. The zero-order chi connectivity index (χ0) is 21.6. The molecular formula is C21H24N2O5S. The van der Waals surface area contributed by atoms with E-state index in [0.717, 1.165) is 0 Å². The molecule has 7 nitrogen and oxygen atoms in total. The highest BCUT2D eigenvalue weighted by molar-refractivity contribution is 7.12. The number of carbonyl (C=O) groups excluding carboxylic acids is 4. The van der Waals surface area contributed by atoms with Gasteiger partial charge in [0.1, 0.15) is 6.04 Å². The van der Waals surface area contributed by atoms with Crippen LogP contribution in [0, 0.1) is 5.92 Å². The Bertz CT molecular complexity index is 892. The molecule has 154 valence electrons. The monoisotopic (exact) mass is 416 g/mol. The summed E-state index contributed by atoms with van der Waals surface area (Å²) in [4.78, 5) is 49.1. The fourth-order valence-electron chi connectivity index (χ4n) is 2.48. The van der Waals surface area contributed by atoms with Gasteiger partial charge in [0, 0.05) is 11.3 Å². The van der Waals surface area contributed by atoms with Gasteiger partial charge in [0.2, 0.25) is 0 Å². The number of amides is 2. The van der Waals surface area contributed by atoms with Crippen molar-refractivity contribution < 1.29 is 23.9 Å². The van der Waals surface area contributed by atoms with E-state index < -0.39 is 24.0 Å². The second-order valence-corrected chi connectivity index (χ2v) is 7.83. The fourth-order valence-corrected chi connectivity index (χ4v) is 3.11. The summed E-state index contributed by atoms with van der Waals surface area (Å²) in [6, 6.07) is 9.00. The summed E-state index contributed by atoms with van der Waals surface area (Å²) in [5.41, 5.74) is 0.889. The first-order chi connectivity index (χ1) is 13.7. The molecule has 1 heterocycles. The van der Waals surface area contributed by atoms with Gasteiger partial charge in [0.25, 0.3) is 11.8 Å². The predicted octanol–water partition coefficient (Wildman–Crippen LogP) is 3.28. The number of anilines is 1. The SMILES string of the molecule is CC(=O)c1cccc(NC(=O)[C@H](C)OC(=O)[C@H](NC(=O)c2cccs2)C(C)C)c1. The molecule has 0 aliphatic rings. The van der Waals surface area contributed by atoms with Gasteiger partial charge in [-0.25, -0.2) is 4.79 Å². The van der Waals surface area contributed by atoms with Crippen LogP contribution in [0.25, 0.3) is 0 Å². The number of Topliss-reactive ketones (excluding diaryl/α,β-unsaturated/α-hetero) is 1. The van der Waals surface area contributed by atoms with Crippen molar-refractivity contribution in [2.45, 2.75) is 39.8 Å². The molecule has 2 atom stereocenters. The molecule has 0 unspecified atom stereocenters. The molecule has 2 aromatic rings. The lowest BCUT2D eigenvalue weighted by Gasteiger charge is -2.22. The Morgan fingerprint density at radius 2 is 1.76 bits per heavy atom. The van der Waals surface area contributed by atoms with Crippen LogP contribution < -0.4 is 10.6 Å². The van der Waals surface area contributed by atoms with E-state index in [1.54, 1.807) is 55.6 Å². The molecule has 0 aliphatic carbocycles. The minimum absolute atomic E-state index is 0.123. The van der Waals surface area contributed by atoms with Crippen molar-refractivity contribution in [1.29, 1.82) is 0 Å². The molecule has 0 radical (unpaired) electrons. The lowest BCUT2D eigenvalue weighted by molar-refractivity contribution is -0.156. The molecule has 2 rings (SSSR count). The zero-order valence-electron chi connectivity index (χ0n) is 16.7. The van der Waals surface area contributed by atoms with Crippen molar-refractivity contribution in [1.82, 2.24) is 5.32 Å². The first kappa shape index (κ1) is 22.3. The van der Waals surface area contributed by atoms with Crippen LogP contribution in [0.1, 0.15) is 47.7 Å². The smallest absolute Gasteiger partial charge is 0.329 e. The summed E-state index contributed by atoms with van der Waals surface area (Å²) in [5.74, 6) is -1.94. The second kappa shape index (κ2) is 9.97. The minimum Gasteiger partial charge on any atom is -0.451 e. The van der Waals surface area contributed by atoms with Crippen LogP contribution in [-0.4, -0.2) is 35.7 Å². The Morgan fingerprint density at radius 3 is 2.34 bits per heavy atom. The molecule has 8 heteroatoms. The Hall–Kier alpha value is -3.00. The molecular weight excluding hydrogens is 392 g/mol. The number of carbonyl (C=O) groups is 4. The Morgan fingerprint density at radius 1 is 1.03 bits per heavy atom. The molecule has 0 saturated heterocycles. The summed E-state index contributed by atoms with van der Waals surface area (Å²) in [5, 5.41) is 7.05. The van der Waals surface area contributed by atoms with Crippen molar-refractivity contribution in [3.05, 3.63) is 52.2 Å². The number of hydrogen-bond acceptors (Lipinski definition) is 6. The summed E-state index contributed by atoms with van der Waals surface area (Å²) < 4.78 is 5.27. The van der Waals surface area contributed by atoms with E-state index in [0.29, 0.717) is 16.1 Å². The Balaban J connectivity index is 1.99. The minimum atomic E-state index is -1.08. The van der Waals surface area contributed by atoms with Gasteiger partial charge in [-0.1, -0.05) is 32.0 Å². The molecule has 29 heavy (non-hydrogen) atoms. The van der Waals surface area contributed by atoms with Crippen molar-refractivity contribution >= 4 is 40.6 Å². The van der Waals surface area contributed by atoms with Gasteiger partial charge in [-0.15, -0.1) is 11.3 Å². The molecule has 1 aromatic carbocycles. The van der Waals surface area contributed by atoms with E-state index in [-0.39, 0.29) is 17.6 Å². The fraction of sp³-hybridized carbons (Fsp3) is 0.333. The summed E-state index contributed by atoms with van der Waals surface area (Å²) in [7, 11) is 0. The van der Waals surface area contributed by atoms with Crippen molar-refractivity contribution in [2.24, 2.45) is 5.92 Å². The lowest BCUT2D eigenvalue weighted by Crippen LogP contribution is -2.47. The van der Waals surface area contributed by atoms with Crippen LogP contribution in [0.4, 0.5) is 5.69 Å². The van der Waals surface area contributed by atoms with Crippen molar-refractivity contribution in [3.63, 3.8) is 0 Å². The zero-order valence-corrected chi connectivity index (χ0v) is 17.5. The topological polar surface area (TPSA) is 102 Å². The Kier molecular flexibility index (Phi) is 7.67. The maximum atomic E-state index is 12.5. The van der Waals surface area contributed by atoms with Crippen LogP contribution in [0.3, 0.4) is 0 Å². The maximum absolute atomic E-state index is 12.5. The third-order valence-corrected chi connectivity index (χ3v) is 5.02. The first-order valence-corrected chi connectivity index (χ1v) is 10.0. The van der Waals surface area contributed by atoms with Crippen molar-refractivity contribution in [3.8, 4) is 0 Å². The highest BCUT2D eigenvalue weighted by atomic mass is 32.1. The van der Waals surface area contributed by atoms with Crippen molar-refractivity contribution in [2.75, 3.05) is 5.32 Å². The average molecular weight is 416 g/mol. The first-order valence-electron chi connectivity index (χ1n) is 9.15. The number of ketones is 1. The van der Waals surface area contributed by atoms with Crippen LogP contribution in [-0.2, 0) is 14.3 Å². The number of hydrogen-bond donors (Lipinski definition) is 2. The van der Waals surface area contributed by atoms with Gasteiger partial charge in [-0.2, -0.15) is 0 Å². The molecule has 0 bridgehead atoms. The van der Waals surface area contributed by atoms with Gasteiger partial charge >= 0.3 is 5.97 Å². The summed E-state index contributed by atoms with van der Waals surface area (Å²) in [6.45, 7) is 6.43. The molecule has 0 fully saturated rings. The standard InChI is InChI=1S/C21H24N2O5S/c1-12(2)18(23-20(26)17-9-6-10-29-17)21(27)28-14(4)19(25)22-16-8-5-7-15(11-16)13(3)24/h5-12,14,18H,1-4H3,(H,22,25)(H,23,26)/t14-,18+/m0/s1. The largest absolute Gasteiger partial charge is 0.451 e. The van der Waals surface area contributed by atoms with Crippen LogP contribution in [0.2, 0.25) is 0 Å². The number of nitrogens with one attached hydrogen (secondary N) is 2. The highest BCUT2D eigenvalue weighted by Gasteiger charge is 2.29. The van der Waals surface area contributed by atoms with E-state index in [2.05, 4.69) is 10.6 Å². The quantitative estimate of drug-likeness (QED) is 0.508. The number of rotatable bonds is 8. The molecule has 2 N–H and O–H groups in total. The van der Waals surface area contributed by atoms with E-state index in [1.807, 2.05) is 0 Å². The summed E-state index contributed by atoms with van der Waals surface area (Å²) >= 11 is 1.27. The van der Waals surface area contributed by atoms with Gasteiger partial charge < -0.3 is 15.4 Å². The van der Waals surface area contributed by atoms with E-state index >= 15 is 0 Å². The Labute approximate surface area is 173 Å². The number of thiophene rings is 1. The van der Waals surface area contributed by atoms with Gasteiger partial charge in [-0.3, -0.25) is 14.4 Å². The molecule has 0 spiro atoms. The number of benzene rings is 1. The summed E-state index contributed by atoms with van der Waals surface area (Å²) in [6.07, 6.45) is -1.08. The molecule has 0 aliphatic heterocycles. The van der Waals surface area contributed by atoms with E-state index in [1.165, 1.54) is 25.2 Å². The average Bonchev–Trinajstić information content (AvgIpc) is 3.20. The van der Waals surface area contributed by atoms with Gasteiger partial charge in [0.15, 0.2) is 11.9 Å². The maximum Gasteiger partial charge on any atom is 0.329 e. The normalized spacial score (nSPS) is 12.7. The molecule has 1 aromatic heterocycles. The lowest BCUT2D eigenvalue weighted by atomic mass is 10.0. The van der Waals surface area contributed by atoms with Crippen LogP contribution in [0.5, 0.6) is 0 Å². The van der Waals surface area contributed by atoms with Gasteiger partial charge in [0.05, 0.1) is 4.88 Å². The molecule has 0 saturated carbocycles. The van der Waals surface area contributed by atoms with Crippen LogP contribution >= 0.6 is 11.3 Å². The third kappa shape index (κ3) is 6.25. The highest BCUT2D eigenvalue weighted by Crippen LogP contribution is 2.14. The van der Waals surface area contributed by atoms with Crippen LogP contribution in [0.15, 0.2) is 41.8 Å². The molecule has 2 amide bonds. The van der Waals surface area contributed by atoms with E-state index in [9.17, 15) is 19.2 Å². The van der Waals surface area contributed by atoms with Gasteiger partial charge in [-0.05, 0) is 43.3 Å². The number of esters is 1. The van der Waals surface area contributed by atoms with E-state index in [4.69, 9.17) is 4.74 Å². The predicted molar refractivity (Wildman–Crippen MR) is 111 cm³/mol.